The quantitative estimate of drug-likeness (QED) is 0.103. The minimum Gasteiger partial charge on any atom is -0.433 e. The third-order valence-electron chi connectivity index (χ3n) is 6.82. The molecule has 0 saturated carbocycles. The highest BCUT2D eigenvalue weighted by Crippen LogP contribution is 2.13. The van der Waals surface area contributed by atoms with E-state index in [9.17, 15) is 22.6 Å². The highest BCUT2D eigenvalue weighted by molar-refractivity contribution is 7.85. The molecule has 0 aromatic carbocycles. The first-order valence-corrected chi connectivity index (χ1v) is 16.2. The van der Waals surface area contributed by atoms with E-state index < -0.39 is 22.2 Å². The number of rotatable bonds is 22. The van der Waals surface area contributed by atoms with Gasteiger partial charge in [-0.15, -0.1) is 0 Å². The molecule has 1 heterocycles. The second-order valence-electron chi connectivity index (χ2n) is 10.2. The van der Waals surface area contributed by atoms with Crippen LogP contribution in [0.4, 0.5) is 4.79 Å². The van der Waals surface area contributed by atoms with E-state index in [2.05, 4.69) is 11.8 Å². The van der Waals surface area contributed by atoms with Gasteiger partial charge >= 0.3 is 6.16 Å². The standard InChI is InChI=1S/C27H52N2O7S/c1-2-3-4-5-6-7-8-9-10-11-12-13-15-18-26(30)29(25-37(32,33)34)22-24-36-27(31)35-23-21-28-19-16-14-17-20-28/h2-25H2,1H3,(H,32,33,34). The Kier molecular flexibility index (Phi) is 19.6. The first kappa shape index (κ1) is 33.6. The molecule has 1 rings (SSSR count). The highest BCUT2D eigenvalue weighted by atomic mass is 32.2. The zero-order valence-corrected chi connectivity index (χ0v) is 24.0. The van der Waals surface area contributed by atoms with Crippen LogP contribution in [0.3, 0.4) is 0 Å². The van der Waals surface area contributed by atoms with Crippen LogP contribution in [0.1, 0.15) is 116 Å². The van der Waals surface area contributed by atoms with E-state index in [1.165, 1.54) is 64.2 Å². The van der Waals surface area contributed by atoms with Crippen molar-refractivity contribution in [2.45, 2.75) is 116 Å². The number of hydrogen-bond donors (Lipinski definition) is 1. The zero-order chi connectivity index (χ0) is 27.2. The van der Waals surface area contributed by atoms with E-state index in [0.29, 0.717) is 13.0 Å². The smallest absolute Gasteiger partial charge is 0.433 e. The molecule has 0 aromatic heterocycles. The Labute approximate surface area is 225 Å². The molecule has 1 aliphatic heterocycles. The van der Waals surface area contributed by atoms with Gasteiger partial charge < -0.3 is 14.4 Å². The van der Waals surface area contributed by atoms with Crippen molar-refractivity contribution in [1.29, 1.82) is 0 Å². The van der Waals surface area contributed by atoms with E-state index in [1.54, 1.807) is 0 Å². The van der Waals surface area contributed by atoms with E-state index in [-0.39, 0.29) is 32.1 Å². The van der Waals surface area contributed by atoms with Gasteiger partial charge in [0.1, 0.15) is 19.1 Å². The Bertz CT molecular complexity index is 697. The summed E-state index contributed by atoms with van der Waals surface area (Å²) in [6, 6.07) is 0. The average Bonchev–Trinajstić information content (AvgIpc) is 2.86. The maximum Gasteiger partial charge on any atom is 0.508 e. The first-order valence-electron chi connectivity index (χ1n) is 14.6. The van der Waals surface area contributed by atoms with Crippen LogP contribution in [-0.4, -0.2) is 80.1 Å². The average molecular weight is 549 g/mol. The van der Waals surface area contributed by atoms with Gasteiger partial charge in [0, 0.05) is 13.0 Å². The molecule has 1 N–H and O–H groups in total. The molecule has 0 radical (unpaired) electrons. The second kappa shape index (κ2) is 21.5. The molecule has 1 aliphatic rings. The van der Waals surface area contributed by atoms with Crippen molar-refractivity contribution in [2.24, 2.45) is 0 Å². The lowest BCUT2D eigenvalue weighted by molar-refractivity contribution is -0.131. The number of likely N-dealkylation sites (tertiary alicyclic amines) is 1. The fourth-order valence-electron chi connectivity index (χ4n) is 4.63. The summed E-state index contributed by atoms with van der Waals surface area (Å²) in [5.74, 6) is -1.18. The van der Waals surface area contributed by atoms with Crippen molar-refractivity contribution in [3.05, 3.63) is 0 Å². The van der Waals surface area contributed by atoms with Gasteiger partial charge in [-0.05, 0) is 32.4 Å². The molecule has 0 spiro atoms. The lowest BCUT2D eigenvalue weighted by Crippen LogP contribution is -2.38. The largest absolute Gasteiger partial charge is 0.508 e. The van der Waals surface area contributed by atoms with E-state index >= 15 is 0 Å². The molecule has 10 heteroatoms. The molecule has 9 nitrogen and oxygen atoms in total. The van der Waals surface area contributed by atoms with Gasteiger partial charge in [-0.3, -0.25) is 14.2 Å². The Hall–Kier alpha value is -1.39. The van der Waals surface area contributed by atoms with Crippen molar-refractivity contribution in [2.75, 3.05) is 45.3 Å². The molecule has 0 atom stereocenters. The van der Waals surface area contributed by atoms with E-state index in [0.717, 1.165) is 50.1 Å². The first-order chi connectivity index (χ1) is 17.8. The molecule has 218 valence electrons. The number of amides is 1. The lowest BCUT2D eigenvalue weighted by Gasteiger charge is -2.25. The van der Waals surface area contributed by atoms with Gasteiger partial charge in [0.15, 0.2) is 0 Å². The summed E-state index contributed by atoms with van der Waals surface area (Å²) in [5, 5.41) is 0. The Balaban J connectivity index is 2.13. The minimum absolute atomic E-state index is 0.113. The number of unbranched alkanes of at least 4 members (excludes halogenated alkanes) is 12. The third-order valence-corrected chi connectivity index (χ3v) is 7.46. The molecular weight excluding hydrogens is 496 g/mol. The number of ether oxygens (including phenoxy) is 2. The highest BCUT2D eigenvalue weighted by Gasteiger charge is 2.20. The summed E-state index contributed by atoms with van der Waals surface area (Å²) in [7, 11) is -4.38. The van der Waals surface area contributed by atoms with E-state index in [4.69, 9.17) is 9.47 Å². The summed E-state index contributed by atoms with van der Waals surface area (Å²) in [5.41, 5.74) is 0. The van der Waals surface area contributed by atoms with E-state index in [1.807, 2.05) is 0 Å². The van der Waals surface area contributed by atoms with Crippen LogP contribution in [0.2, 0.25) is 0 Å². The monoisotopic (exact) mass is 548 g/mol. The van der Waals surface area contributed by atoms with Crippen LogP contribution in [0.15, 0.2) is 0 Å². The predicted octanol–water partition coefficient (Wildman–Crippen LogP) is 5.78. The van der Waals surface area contributed by atoms with Crippen LogP contribution >= 0.6 is 0 Å². The molecule has 0 aromatic rings. The second-order valence-corrected chi connectivity index (χ2v) is 11.6. The van der Waals surface area contributed by atoms with Crippen molar-refractivity contribution in [3.8, 4) is 0 Å². The summed E-state index contributed by atoms with van der Waals surface area (Å²) in [6.45, 7) is 4.82. The maximum atomic E-state index is 12.5. The zero-order valence-electron chi connectivity index (χ0n) is 23.2. The van der Waals surface area contributed by atoms with Gasteiger partial charge in [-0.25, -0.2) is 4.79 Å². The number of nitrogens with zero attached hydrogens (tertiary/aromatic N) is 2. The Morgan fingerprint density at radius 3 is 1.84 bits per heavy atom. The Morgan fingerprint density at radius 2 is 1.30 bits per heavy atom. The van der Waals surface area contributed by atoms with Gasteiger partial charge in [0.2, 0.25) is 5.91 Å². The molecule has 37 heavy (non-hydrogen) atoms. The molecule has 1 saturated heterocycles. The minimum atomic E-state index is -4.38. The third kappa shape index (κ3) is 20.3. The molecule has 0 bridgehead atoms. The molecule has 1 fully saturated rings. The number of piperidine rings is 1. The number of carbonyl (C=O) groups excluding carboxylic acids is 2. The summed E-state index contributed by atoms with van der Waals surface area (Å²) < 4.78 is 42.0. The summed E-state index contributed by atoms with van der Waals surface area (Å²) in [6.07, 6.45) is 18.4. The van der Waals surface area contributed by atoms with Gasteiger partial charge in [-0.2, -0.15) is 8.42 Å². The fourth-order valence-corrected chi connectivity index (χ4v) is 5.30. The molecule has 0 unspecified atom stereocenters. The molecule has 0 aliphatic carbocycles. The normalized spacial score (nSPS) is 14.4. The van der Waals surface area contributed by atoms with Crippen molar-refractivity contribution < 1.29 is 32.0 Å². The number of hydrogen-bond acceptors (Lipinski definition) is 7. The van der Waals surface area contributed by atoms with Crippen molar-refractivity contribution >= 4 is 22.2 Å². The topological polar surface area (TPSA) is 113 Å². The van der Waals surface area contributed by atoms with Crippen LogP contribution in [0.25, 0.3) is 0 Å². The number of carbonyl (C=O) groups is 2. The van der Waals surface area contributed by atoms with Gasteiger partial charge in [0.05, 0.1) is 6.54 Å². The van der Waals surface area contributed by atoms with Gasteiger partial charge in [-0.1, -0.05) is 90.4 Å². The van der Waals surface area contributed by atoms with Crippen molar-refractivity contribution in [3.63, 3.8) is 0 Å². The van der Waals surface area contributed by atoms with Crippen LogP contribution < -0.4 is 0 Å². The fraction of sp³-hybridized carbons (Fsp3) is 0.926. The van der Waals surface area contributed by atoms with Crippen LogP contribution in [0.5, 0.6) is 0 Å². The summed E-state index contributed by atoms with van der Waals surface area (Å²) >= 11 is 0. The van der Waals surface area contributed by atoms with Gasteiger partial charge in [0.25, 0.3) is 10.1 Å². The summed E-state index contributed by atoms with van der Waals surface area (Å²) in [4.78, 5) is 27.6. The lowest BCUT2D eigenvalue weighted by atomic mass is 10.0. The van der Waals surface area contributed by atoms with Crippen LogP contribution in [-0.2, 0) is 24.4 Å². The predicted molar refractivity (Wildman–Crippen MR) is 146 cm³/mol. The van der Waals surface area contributed by atoms with Crippen molar-refractivity contribution in [1.82, 2.24) is 9.80 Å². The SMILES string of the molecule is CCCCCCCCCCCCCCCC(=O)N(CCOC(=O)OCCN1CCCCC1)CS(=O)(=O)O. The molecular formula is C27H52N2O7S. The molecule has 1 amide bonds. The Morgan fingerprint density at radius 1 is 0.784 bits per heavy atom. The van der Waals surface area contributed by atoms with Crippen LogP contribution in [0, 0.1) is 0 Å². The maximum absolute atomic E-state index is 12.5.